The molecular formula is C37H48N2O12. The van der Waals surface area contributed by atoms with Crippen LogP contribution in [0.25, 0.3) is 10.8 Å². The van der Waals surface area contributed by atoms with E-state index in [1.165, 1.54) is 53.2 Å². The number of aromatic hydroxyl groups is 3. The molecule has 0 fully saturated rings. The van der Waals surface area contributed by atoms with Crippen LogP contribution in [0.4, 0.5) is 11.4 Å². The number of allylic oxidation sites excluding steroid dienone is 2. The molecule has 0 radical (unpaired) electrons. The van der Waals surface area contributed by atoms with Crippen molar-refractivity contribution in [3.8, 4) is 23.0 Å². The van der Waals surface area contributed by atoms with E-state index in [4.69, 9.17) is 24.7 Å². The highest BCUT2D eigenvalue weighted by Crippen LogP contribution is 2.56. The number of phenolic OH excluding ortho intramolecular Hbond substituents is 3. The van der Waals surface area contributed by atoms with Crippen LogP contribution in [0.2, 0.25) is 0 Å². The van der Waals surface area contributed by atoms with Gasteiger partial charge in [-0.2, -0.15) is 0 Å². The number of aliphatic hydroxyl groups is 2. The summed E-state index contributed by atoms with van der Waals surface area (Å²) < 4.78 is 23.2. The second kappa shape index (κ2) is 14.8. The molecule has 2 aromatic rings. The van der Waals surface area contributed by atoms with Gasteiger partial charge in [0.15, 0.2) is 5.75 Å². The number of hydrogen-bond donors (Lipinski definition) is 7. The van der Waals surface area contributed by atoms with E-state index in [-0.39, 0.29) is 33.2 Å². The molecule has 0 spiro atoms. The van der Waals surface area contributed by atoms with Crippen molar-refractivity contribution in [2.45, 2.75) is 85.6 Å². The fraction of sp³-hybridized carbons (Fsp3) is 0.486. The highest BCUT2D eigenvalue weighted by Gasteiger charge is 2.50. The van der Waals surface area contributed by atoms with Crippen LogP contribution >= 0.6 is 0 Å². The normalized spacial score (nSPS) is 32.8. The number of nitrogen functional groups attached to an aromatic ring is 1. The van der Waals surface area contributed by atoms with E-state index in [0.29, 0.717) is 0 Å². The highest BCUT2D eigenvalue weighted by atomic mass is 16.7. The number of ether oxygens (including phenoxy) is 4. The lowest BCUT2D eigenvalue weighted by molar-refractivity contribution is -0.160. The third-order valence-corrected chi connectivity index (χ3v) is 10.0. The van der Waals surface area contributed by atoms with Crippen molar-refractivity contribution >= 4 is 39.8 Å². The maximum absolute atomic E-state index is 14.0. The van der Waals surface area contributed by atoms with Crippen molar-refractivity contribution in [1.29, 1.82) is 0 Å². The Hall–Kier alpha value is -4.79. The van der Waals surface area contributed by atoms with E-state index >= 15 is 0 Å². The molecule has 9 atom stereocenters. The van der Waals surface area contributed by atoms with Gasteiger partial charge in [-0.25, -0.2) is 0 Å². The second-order valence-corrected chi connectivity index (χ2v) is 13.6. The van der Waals surface area contributed by atoms with Gasteiger partial charge in [-0.15, -0.1) is 0 Å². The Kier molecular flexibility index (Phi) is 11.3. The van der Waals surface area contributed by atoms with Crippen LogP contribution < -0.4 is 15.8 Å². The summed E-state index contributed by atoms with van der Waals surface area (Å²) in [7, 11) is 1.42. The number of benzene rings is 2. The number of Topliss-reactive ketones (excluding diaryl/α,β-unsaturated/α-hetero) is 1. The van der Waals surface area contributed by atoms with E-state index < -0.39 is 100 Å². The van der Waals surface area contributed by atoms with E-state index in [1.54, 1.807) is 39.8 Å². The topological polar surface area (TPSA) is 227 Å². The Morgan fingerprint density at radius 2 is 1.59 bits per heavy atom. The number of carbonyl (C=O) groups excluding carboxylic acids is 3. The first-order valence-corrected chi connectivity index (χ1v) is 16.6. The number of nitrogens with two attached hydrogens (primary N) is 1. The molecule has 5 bridgehead atoms. The van der Waals surface area contributed by atoms with Gasteiger partial charge in [0.2, 0.25) is 0 Å². The number of hydrogen-bond acceptors (Lipinski definition) is 13. The van der Waals surface area contributed by atoms with E-state index in [1.807, 2.05) is 0 Å². The molecule has 2 aromatic carbocycles. The van der Waals surface area contributed by atoms with Crippen LogP contribution in [0, 0.1) is 30.6 Å². The Balaban J connectivity index is 1.90. The molecule has 0 saturated heterocycles. The van der Waals surface area contributed by atoms with Crippen molar-refractivity contribution in [1.82, 2.24) is 0 Å². The number of esters is 1. The van der Waals surface area contributed by atoms with E-state index in [0.717, 1.165) is 0 Å². The van der Waals surface area contributed by atoms with Gasteiger partial charge in [0.05, 0.1) is 35.5 Å². The summed E-state index contributed by atoms with van der Waals surface area (Å²) in [5.74, 6) is -8.62. The van der Waals surface area contributed by atoms with Crippen LogP contribution in [-0.2, 0) is 23.8 Å². The quantitative estimate of drug-likeness (QED) is 0.0997. The third-order valence-electron chi connectivity index (χ3n) is 10.0. The lowest BCUT2D eigenvalue weighted by Gasteiger charge is -2.38. The van der Waals surface area contributed by atoms with Crippen molar-refractivity contribution in [3.63, 3.8) is 0 Å². The lowest BCUT2D eigenvalue weighted by atomic mass is 9.78. The van der Waals surface area contributed by atoms with Crippen LogP contribution in [0.1, 0.15) is 64.4 Å². The molecule has 3 heterocycles. The lowest BCUT2D eigenvalue weighted by Crippen LogP contribution is -2.46. The monoisotopic (exact) mass is 712 g/mol. The van der Waals surface area contributed by atoms with Crippen LogP contribution in [0.3, 0.4) is 0 Å². The highest BCUT2D eigenvalue weighted by molar-refractivity contribution is 6.23. The largest absolute Gasteiger partial charge is 0.507 e. The fourth-order valence-corrected chi connectivity index (χ4v) is 6.75. The van der Waals surface area contributed by atoms with Crippen molar-refractivity contribution < 1.29 is 58.9 Å². The molecule has 8 N–H and O–H groups in total. The fourth-order valence-electron chi connectivity index (χ4n) is 6.75. The van der Waals surface area contributed by atoms with Crippen molar-refractivity contribution in [2.24, 2.45) is 23.7 Å². The molecule has 0 unspecified atom stereocenters. The molecule has 14 heteroatoms. The predicted octanol–water partition coefficient (Wildman–Crippen LogP) is 4.34. The molecule has 3 aliphatic rings. The number of phenols is 3. The Bertz CT molecular complexity index is 1820. The smallest absolute Gasteiger partial charge is 0.312 e. The molecule has 51 heavy (non-hydrogen) atoms. The SMILES string of the molecule is CO[C@H]1/C=C/O[C@@]2(C)Oc3c(C)c(O)c4c(O)c(c(N)c(O)c4c3C2=O)NC(=O)/C(C)=C\C=C\[C@H](C)[C@H](O)[C@@H](C)[C@@H](O)[C@@H](C)[C@H](OC(C)=O)[C@@H]1C. The standard InChI is InChI=1S/C37H48N2O12/c1-15-11-10-12-16(2)36(47)39-27-26(38)31(44)23-24(32(27)45)30(43)20(6)34-25(23)35(46)37(8,51-34)49-14-13-22(48-9)17(3)33(50-21(7)40)19(5)29(42)18(4)28(15)41/h10-15,17-19,22,28-29,33,41-45H,38H2,1-9H3,(H,39,47)/b11-10+,14-13+,16-12-/t15-,17+,18+,19+,22-,28-,29+,33+,37-/m0/s1. The molecule has 5 rings (SSSR count). The summed E-state index contributed by atoms with van der Waals surface area (Å²) in [5, 5.41) is 58.3. The number of methoxy groups -OCH3 is 1. The number of fused-ring (bicyclic) bond motifs is 14. The number of carbonyl (C=O) groups is 3. The molecule has 0 aromatic heterocycles. The second-order valence-electron chi connectivity index (χ2n) is 13.6. The molecule has 0 saturated carbocycles. The molecular weight excluding hydrogens is 664 g/mol. The first kappa shape index (κ1) is 39.0. The minimum Gasteiger partial charge on any atom is -0.507 e. The zero-order chi connectivity index (χ0) is 38.3. The van der Waals surface area contributed by atoms with Crippen LogP contribution in [0.15, 0.2) is 36.1 Å². The summed E-state index contributed by atoms with van der Waals surface area (Å²) in [6, 6.07) is 0. The summed E-state index contributed by atoms with van der Waals surface area (Å²) in [6.45, 7) is 12.3. The number of rotatable bonds is 2. The van der Waals surface area contributed by atoms with E-state index in [9.17, 15) is 39.9 Å². The Labute approximate surface area is 296 Å². The van der Waals surface area contributed by atoms with Crippen molar-refractivity contribution in [2.75, 3.05) is 18.2 Å². The van der Waals surface area contributed by atoms with Gasteiger partial charge in [0.25, 0.3) is 11.7 Å². The summed E-state index contributed by atoms with van der Waals surface area (Å²) >= 11 is 0. The predicted molar refractivity (Wildman–Crippen MR) is 188 cm³/mol. The molecule has 14 nitrogen and oxygen atoms in total. The zero-order valence-electron chi connectivity index (χ0n) is 30.2. The minimum atomic E-state index is -2.03. The summed E-state index contributed by atoms with van der Waals surface area (Å²) in [4.78, 5) is 39.4. The number of ketones is 1. The molecule has 0 aliphatic carbocycles. The van der Waals surface area contributed by atoms with Gasteiger partial charge >= 0.3 is 11.8 Å². The van der Waals surface area contributed by atoms with Crippen LogP contribution in [0.5, 0.6) is 23.0 Å². The zero-order valence-corrected chi connectivity index (χ0v) is 30.2. The van der Waals surface area contributed by atoms with Gasteiger partial charge in [-0.1, -0.05) is 45.9 Å². The molecule has 3 aliphatic heterocycles. The van der Waals surface area contributed by atoms with Gasteiger partial charge in [0.1, 0.15) is 34.7 Å². The van der Waals surface area contributed by atoms with Gasteiger partial charge in [0, 0.05) is 61.2 Å². The Morgan fingerprint density at radius 1 is 0.941 bits per heavy atom. The minimum absolute atomic E-state index is 0.0383. The average Bonchev–Trinajstić information content (AvgIpc) is 3.35. The van der Waals surface area contributed by atoms with Gasteiger partial charge in [-0.05, 0) is 19.9 Å². The maximum atomic E-state index is 14.0. The maximum Gasteiger partial charge on any atom is 0.312 e. The molecule has 1 amide bonds. The third kappa shape index (κ3) is 7.08. The molecule has 278 valence electrons. The Morgan fingerprint density at radius 3 is 2.20 bits per heavy atom. The number of nitrogens with one attached hydrogen (secondary N) is 1. The van der Waals surface area contributed by atoms with Crippen molar-refractivity contribution in [3.05, 3.63) is 47.3 Å². The number of anilines is 2. The van der Waals surface area contributed by atoms with Gasteiger partial charge in [-0.3, -0.25) is 14.4 Å². The number of aliphatic hydroxyl groups excluding tert-OH is 2. The first-order chi connectivity index (χ1) is 23.8. The van der Waals surface area contributed by atoms with Crippen LogP contribution in [-0.4, -0.2) is 80.5 Å². The number of amides is 1. The van der Waals surface area contributed by atoms with Gasteiger partial charge < -0.3 is 55.5 Å². The van der Waals surface area contributed by atoms with E-state index in [2.05, 4.69) is 5.32 Å². The summed E-state index contributed by atoms with van der Waals surface area (Å²) in [6.07, 6.45) is 3.44. The summed E-state index contributed by atoms with van der Waals surface area (Å²) in [5.41, 5.74) is 5.30. The first-order valence-electron chi connectivity index (χ1n) is 16.6. The average molecular weight is 713 g/mol.